The molecule has 1 aromatic rings. The summed E-state index contributed by atoms with van der Waals surface area (Å²) in [5.74, 6) is -1.46. The third kappa shape index (κ3) is 4.23. The molecular formula is C13H16F3NOS. The largest absolute Gasteiger partial charge is 0.391 e. The Morgan fingerprint density at radius 2 is 2.21 bits per heavy atom. The summed E-state index contributed by atoms with van der Waals surface area (Å²) in [6, 6.07) is 3.37. The van der Waals surface area contributed by atoms with Crippen LogP contribution in [0.3, 0.4) is 0 Å². The fraction of sp³-hybridized carbons (Fsp3) is 0.615. The number of thiophene rings is 1. The van der Waals surface area contributed by atoms with Crippen molar-refractivity contribution in [1.82, 2.24) is 5.32 Å². The van der Waals surface area contributed by atoms with Crippen molar-refractivity contribution in [3.05, 3.63) is 22.4 Å². The van der Waals surface area contributed by atoms with Gasteiger partial charge in [-0.05, 0) is 30.7 Å². The number of carbonyl (C=O) groups excluding carboxylic acids is 1. The number of halogens is 3. The summed E-state index contributed by atoms with van der Waals surface area (Å²) in [4.78, 5) is 12.7. The van der Waals surface area contributed by atoms with Gasteiger partial charge in [0.15, 0.2) is 0 Å². The molecule has 0 unspecified atom stereocenters. The van der Waals surface area contributed by atoms with E-state index >= 15 is 0 Å². The van der Waals surface area contributed by atoms with E-state index in [-0.39, 0.29) is 31.2 Å². The molecule has 0 saturated heterocycles. The van der Waals surface area contributed by atoms with Gasteiger partial charge in [-0.25, -0.2) is 0 Å². The highest BCUT2D eigenvalue weighted by molar-refractivity contribution is 7.10. The first-order valence-electron chi connectivity index (χ1n) is 6.33. The predicted molar refractivity (Wildman–Crippen MR) is 68.0 cm³/mol. The minimum atomic E-state index is -4.14. The number of amides is 1. The number of hydrogen-bond donors (Lipinski definition) is 1. The maximum absolute atomic E-state index is 12.6. The maximum atomic E-state index is 12.6. The van der Waals surface area contributed by atoms with Gasteiger partial charge in [0.1, 0.15) is 0 Å². The van der Waals surface area contributed by atoms with Crippen molar-refractivity contribution in [2.75, 3.05) is 0 Å². The van der Waals surface area contributed by atoms with Crippen LogP contribution in [0.15, 0.2) is 17.5 Å². The summed E-state index contributed by atoms with van der Waals surface area (Å²) < 4.78 is 37.9. The molecule has 19 heavy (non-hydrogen) atoms. The molecule has 2 atom stereocenters. The second-order valence-corrected chi connectivity index (χ2v) is 5.96. The van der Waals surface area contributed by atoms with Gasteiger partial charge in [-0.15, -0.1) is 11.3 Å². The monoisotopic (exact) mass is 291 g/mol. The Kier molecular flexibility index (Phi) is 4.50. The van der Waals surface area contributed by atoms with Gasteiger partial charge >= 0.3 is 6.18 Å². The maximum Gasteiger partial charge on any atom is 0.391 e. The van der Waals surface area contributed by atoms with E-state index in [1.807, 2.05) is 17.5 Å². The molecule has 106 valence electrons. The molecule has 0 aliphatic heterocycles. The van der Waals surface area contributed by atoms with Gasteiger partial charge in [0.25, 0.3) is 0 Å². The van der Waals surface area contributed by atoms with Crippen LogP contribution in [0.5, 0.6) is 0 Å². The number of carbonyl (C=O) groups is 1. The molecule has 0 aromatic carbocycles. The summed E-state index contributed by atoms with van der Waals surface area (Å²) in [5.41, 5.74) is 0. The molecule has 1 amide bonds. The van der Waals surface area contributed by atoms with Gasteiger partial charge in [-0.2, -0.15) is 13.2 Å². The Bertz CT molecular complexity index is 416. The molecule has 1 fully saturated rings. The molecule has 1 N–H and O–H groups in total. The first kappa shape index (κ1) is 14.4. The smallest absolute Gasteiger partial charge is 0.353 e. The van der Waals surface area contributed by atoms with Crippen LogP contribution < -0.4 is 5.32 Å². The normalized spacial score (nSPS) is 24.2. The highest BCUT2D eigenvalue weighted by atomic mass is 32.1. The van der Waals surface area contributed by atoms with Crippen LogP contribution in [0.4, 0.5) is 13.2 Å². The van der Waals surface area contributed by atoms with Crippen molar-refractivity contribution in [1.29, 1.82) is 0 Å². The van der Waals surface area contributed by atoms with Crippen LogP contribution in [-0.4, -0.2) is 18.1 Å². The molecule has 1 heterocycles. The fourth-order valence-corrected chi connectivity index (χ4v) is 3.17. The zero-order valence-electron chi connectivity index (χ0n) is 10.4. The Balaban J connectivity index is 1.83. The van der Waals surface area contributed by atoms with Gasteiger partial charge in [0, 0.05) is 10.9 Å². The van der Waals surface area contributed by atoms with Crippen molar-refractivity contribution >= 4 is 17.2 Å². The van der Waals surface area contributed by atoms with E-state index in [1.165, 1.54) is 11.3 Å². The lowest BCUT2D eigenvalue weighted by Crippen LogP contribution is -2.42. The highest BCUT2D eigenvalue weighted by Crippen LogP contribution is 2.37. The summed E-state index contributed by atoms with van der Waals surface area (Å²) in [6.07, 6.45) is -2.53. The zero-order chi connectivity index (χ0) is 13.9. The highest BCUT2D eigenvalue weighted by Gasteiger charge is 2.42. The van der Waals surface area contributed by atoms with Gasteiger partial charge < -0.3 is 5.32 Å². The lowest BCUT2D eigenvalue weighted by atomic mass is 9.85. The standard InChI is InChI=1S/C13H16F3NOS/c14-13(15,16)9-3-1-4-10(7-9)17-12(18)8-11-5-2-6-19-11/h2,5-6,9-10H,1,3-4,7-8H2,(H,17,18)/t9-,10-/m1/s1. The van der Waals surface area contributed by atoms with Crippen LogP contribution in [0.25, 0.3) is 0 Å². The molecule has 0 radical (unpaired) electrons. The second-order valence-electron chi connectivity index (χ2n) is 4.93. The third-order valence-electron chi connectivity index (χ3n) is 3.42. The van der Waals surface area contributed by atoms with E-state index in [0.29, 0.717) is 12.8 Å². The van der Waals surface area contributed by atoms with E-state index in [2.05, 4.69) is 5.32 Å². The summed E-state index contributed by atoms with van der Waals surface area (Å²) in [6.45, 7) is 0. The summed E-state index contributed by atoms with van der Waals surface area (Å²) in [5, 5.41) is 4.60. The zero-order valence-corrected chi connectivity index (χ0v) is 11.2. The van der Waals surface area contributed by atoms with Gasteiger partial charge in [0.2, 0.25) is 5.91 Å². The molecule has 2 nitrogen and oxygen atoms in total. The van der Waals surface area contributed by atoms with Gasteiger partial charge in [-0.1, -0.05) is 12.5 Å². The Labute approximate surface area is 114 Å². The number of alkyl halides is 3. The summed E-state index contributed by atoms with van der Waals surface area (Å²) >= 11 is 1.48. The van der Waals surface area contributed by atoms with E-state index in [1.54, 1.807) is 0 Å². The minimum Gasteiger partial charge on any atom is -0.353 e. The SMILES string of the molecule is O=C(Cc1cccs1)N[C@@H]1CCC[C@@H](C(F)(F)F)C1. The number of nitrogens with one attached hydrogen (secondary N) is 1. The molecule has 0 bridgehead atoms. The van der Waals surface area contributed by atoms with Crippen molar-refractivity contribution in [2.45, 2.75) is 44.3 Å². The molecule has 1 saturated carbocycles. The quantitative estimate of drug-likeness (QED) is 0.907. The van der Waals surface area contributed by atoms with Crippen molar-refractivity contribution in [3.8, 4) is 0 Å². The van der Waals surface area contributed by atoms with Crippen LogP contribution in [0.1, 0.15) is 30.6 Å². The topological polar surface area (TPSA) is 29.1 Å². The Morgan fingerprint density at radius 1 is 1.42 bits per heavy atom. The average molecular weight is 291 g/mol. The summed E-state index contributed by atoms with van der Waals surface area (Å²) in [7, 11) is 0. The molecule has 1 aliphatic carbocycles. The first-order valence-corrected chi connectivity index (χ1v) is 7.21. The van der Waals surface area contributed by atoms with Crippen LogP contribution in [-0.2, 0) is 11.2 Å². The van der Waals surface area contributed by atoms with E-state index in [4.69, 9.17) is 0 Å². The molecule has 0 spiro atoms. The third-order valence-corrected chi connectivity index (χ3v) is 4.29. The van der Waals surface area contributed by atoms with Crippen LogP contribution in [0.2, 0.25) is 0 Å². The van der Waals surface area contributed by atoms with Crippen LogP contribution in [0, 0.1) is 5.92 Å². The van der Waals surface area contributed by atoms with E-state index < -0.39 is 12.1 Å². The number of hydrogen-bond acceptors (Lipinski definition) is 2. The number of rotatable bonds is 3. The molecule has 2 rings (SSSR count). The van der Waals surface area contributed by atoms with E-state index in [9.17, 15) is 18.0 Å². The van der Waals surface area contributed by atoms with Crippen LogP contribution >= 0.6 is 11.3 Å². The average Bonchev–Trinajstić information content (AvgIpc) is 2.80. The molecule has 1 aromatic heterocycles. The molecule has 6 heteroatoms. The van der Waals surface area contributed by atoms with Crippen molar-refractivity contribution in [2.24, 2.45) is 5.92 Å². The Morgan fingerprint density at radius 3 is 2.84 bits per heavy atom. The minimum absolute atomic E-state index is 0.0136. The predicted octanol–water partition coefficient (Wildman–Crippen LogP) is 3.53. The lowest BCUT2D eigenvalue weighted by molar-refractivity contribution is -0.184. The van der Waals surface area contributed by atoms with Gasteiger partial charge in [0.05, 0.1) is 12.3 Å². The fourth-order valence-electron chi connectivity index (χ4n) is 2.47. The molecular weight excluding hydrogens is 275 g/mol. The second kappa shape index (κ2) is 5.94. The first-order chi connectivity index (χ1) is 8.95. The van der Waals surface area contributed by atoms with Crippen molar-refractivity contribution in [3.63, 3.8) is 0 Å². The molecule has 1 aliphatic rings. The Hall–Kier alpha value is -1.04. The van der Waals surface area contributed by atoms with E-state index in [0.717, 1.165) is 4.88 Å². The van der Waals surface area contributed by atoms with Gasteiger partial charge in [-0.3, -0.25) is 4.79 Å². The van der Waals surface area contributed by atoms with Crippen molar-refractivity contribution < 1.29 is 18.0 Å². The lowest BCUT2D eigenvalue weighted by Gasteiger charge is -2.31.